The third-order valence-electron chi connectivity index (χ3n) is 4.98. The van der Waals surface area contributed by atoms with Gasteiger partial charge in [-0.3, -0.25) is 0 Å². The van der Waals surface area contributed by atoms with Gasteiger partial charge in [-0.1, -0.05) is 0 Å². The first-order valence-electron chi connectivity index (χ1n) is 9.70. The van der Waals surface area contributed by atoms with Crippen molar-refractivity contribution in [2.75, 3.05) is 25.7 Å². The molecule has 2 heterocycles. The molecule has 29 heavy (non-hydrogen) atoms. The molecule has 6 heteroatoms. The van der Waals surface area contributed by atoms with Crippen LogP contribution in [0.4, 0.5) is 5.69 Å². The molecule has 1 aliphatic rings. The van der Waals surface area contributed by atoms with Crippen molar-refractivity contribution in [2.45, 2.75) is 20.4 Å². The average molecular weight is 519 g/mol. The van der Waals surface area contributed by atoms with Gasteiger partial charge in [0.15, 0.2) is 0 Å². The van der Waals surface area contributed by atoms with E-state index in [1.807, 2.05) is 0 Å². The SMILES string of the molecule is CCN1/C(=C\C=C\c2[se]c3ccc(OC)cc3[n+]2CC)[Se]c2ccc(OC)cc21. The topological polar surface area (TPSA) is 25.6 Å². The predicted octanol–water partition coefficient (Wildman–Crippen LogP) is 2.95. The van der Waals surface area contributed by atoms with Crippen LogP contribution in [0.5, 0.6) is 11.5 Å². The number of hydrogen-bond acceptors (Lipinski definition) is 3. The molecule has 0 N–H and O–H groups in total. The summed E-state index contributed by atoms with van der Waals surface area (Å²) < 4.78 is 18.9. The minimum atomic E-state index is 0.328. The standard InChI is InChI=1S/C23H25N2O2Se2/c1-5-24-18-14-16(26-3)10-12-20(18)28-22(24)8-7-9-23-25(6-2)19-15-17(27-4)11-13-21(19)29-23/h7-15H,5-6H2,1-4H3/q+1. The van der Waals surface area contributed by atoms with Crippen LogP contribution in [0.2, 0.25) is 0 Å². The number of aryl methyl sites for hydroxylation is 1. The van der Waals surface area contributed by atoms with Crippen molar-refractivity contribution < 1.29 is 14.0 Å². The van der Waals surface area contributed by atoms with E-state index < -0.39 is 0 Å². The van der Waals surface area contributed by atoms with Crippen LogP contribution in [-0.4, -0.2) is 50.2 Å². The van der Waals surface area contributed by atoms with Crippen molar-refractivity contribution >= 4 is 55.5 Å². The summed E-state index contributed by atoms with van der Waals surface area (Å²) in [5, 5.41) is 0. The summed E-state index contributed by atoms with van der Waals surface area (Å²) in [7, 11) is 3.45. The van der Waals surface area contributed by atoms with Gasteiger partial charge in [-0.05, 0) is 0 Å². The summed E-state index contributed by atoms with van der Waals surface area (Å²) in [6.07, 6.45) is 6.80. The second-order valence-electron chi connectivity index (χ2n) is 6.56. The summed E-state index contributed by atoms with van der Waals surface area (Å²) >= 11 is 0.655. The van der Waals surface area contributed by atoms with Crippen LogP contribution < -0.4 is 23.4 Å². The van der Waals surface area contributed by atoms with E-state index in [4.69, 9.17) is 9.47 Å². The van der Waals surface area contributed by atoms with E-state index in [0.29, 0.717) is 29.5 Å². The molecule has 0 amide bonds. The summed E-state index contributed by atoms with van der Waals surface area (Å²) in [5.41, 5.74) is 2.58. The van der Waals surface area contributed by atoms with Gasteiger partial charge >= 0.3 is 185 Å². The second kappa shape index (κ2) is 8.81. The molecule has 1 aliphatic heterocycles. The van der Waals surface area contributed by atoms with Crippen molar-refractivity contribution in [3.8, 4) is 11.5 Å². The number of aromatic nitrogens is 1. The van der Waals surface area contributed by atoms with Crippen LogP contribution in [0.1, 0.15) is 18.4 Å². The molecule has 0 fully saturated rings. The second-order valence-corrected chi connectivity index (χ2v) is 11.0. The summed E-state index contributed by atoms with van der Waals surface area (Å²) in [6.45, 7) is 6.35. The maximum atomic E-state index is 5.42. The van der Waals surface area contributed by atoms with E-state index in [0.717, 1.165) is 24.6 Å². The monoisotopic (exact) mass is 521 g/mol. The van der Waals surface area contributed by atoms with Crippen LogP contribution in [0.25, 0.3) is 15.9 Å². The third-order valence-corrected chi connectivity index (χ3v) is 9.73. The first-order valence-corrected chi connectivity index (χ1v) is 13.1. The fourth-order valence-electron chi connectivity index (χ4n) is 3.53. The Balaban J connectivity index is 1.63. The van der Waals surface area contributed by atoms with Gasteiger partial charge in [-0.2, -0.15) is 0 Å². The van der Waals surface area contributed by atoms with Crippen molar-refractivity contribution in [1.29, 1.82) is 0 Å². The van der Waals surface area contributed by atoms with Crippen LogP contribution in [0, 0.1) is 0 Å². The van der Waals surface area contributed by atoms with E-state index in [1.54, 1.807) is 14.2 Å². The number of rotatable bonds is 6. The Morgan fingerprint density at radius 2 is 1.79 bits per heavy atom. The number of ether oxygens (including phenoxy) is 2. The zero-order valence-corrected chi connectivity index (χ0v) is 20.6. The Labute approximate surface area is 184 Å². The summed E-state index contributed by atoms with van der Waals surface area (Å²) in [4.78, 5) is 2.41. The summed E-state index contributed by atoms with van der Waals surface area (Å²) in [6, 6.07) is 12.9. The molecule has 1 aromatic heterocycles. The molecule has 0 atom stereocenters. The van der Waals surface area contributed by atoms with Gasteiger partial charge in [0.25, 0.3) is 0 Å². The van der Waals surface area contributed by atoms with Gasteiger partial charge in [0.05, 0.1) is 0 Å². The average Bonchev–Trinajstić information content (AvgIpc) is 3.29. The van der Waals surface area contributed by atoms with Gasteiger partial charge < -0.3 is 0 Å². The number of fused-ring (bicyclic) bond motifs is 2. The van der Waals surface area contributed by atoms with Crippen molar-refractivity contribution in [2.24, 2.45) is 0 Å². The van der Waals surface area contributed by atoms with Crippen molar-refractivity contribution in [3.63, 3.8) is 0 Å². The van der Waals surface area contributed by atoms with E-state index in [-0.39, 0.29) is 0 Å². The number of hydrogen-bond donors (Lipinski definition) is 0. The molecule has 4 nitrogen and oxygen atoms in total. The maximum absolute atomic E-state index is 5.42. The van der Waals surface area contributed by atoms with E-state index >= 15 is 0 Å². The Morgan fingerprint density at radius 1 is 1.03 bits per heavy atom. The molecule has 150 valence electrons. The summed E-state index contributed by atoms with van der Waals surface area (Å²) in [5.74, 6) is 1.84. The molecule has 0 spiro atoms. The molecule has 2 aromatic carbocycles. The fourth-order valence-corrected chi connectivity index (χ4v) is 8.23. The zero-order chi connectivity index (χ0) is 20.4. The quantitative estimate of drug-likeness (QED) is 0.370. The normalized spacial score (nSPS) is 14.9. The Bertz CT molecular complexity index is 1100. The van der Waals surface area contributed by atoms with Crippen molar-refractivity contribution in [3.05, 3.63) is 57.7 Å². The molecule has 0 saturated heterocycles. The van der Waals surface area contributed by atoms with E-state index in [9.17, 15) is 0 Å². The van der Waals surface area contributed by atoms with Crippen LogP contribution in [-0.2, 0) is 6.54 Å². The van der Waals surface area contributed by atoms with Gasteiger partial charge in [-0.15, -0.1) is 0 Å². The molecular weight excluding hydrogens is 494 g/mol. The number of nitrogens with zero attached hydrogens (tertiary/aromatic N) is 2. The first-order chi connectivity index (χ1) is 14.2. The van der Waals surface area contributed by atoms with Gasteiger partial charge in [0, 0.05) is 0 Å². The molecule has 0 bridgehead atoms. The minimum absolute atomic E-state index is 0.328. The molecular formula is C23H25N2O2Se2+. The van der Waals surface area contributed by atoms with Gasteiger partial charge in [0.2, 0.25) is 0 Å². The number of benzene rings is 2. The number of methoxy groups -OCH3 is 2. The molecule has 0 unspecified atom stereocenters. The first kappa shape index (κ1) is 20.3. The van der Waals surface area contributed by atoms with Crippen molar-refractivity contribution in [1.82, 2.24) is 0 Å². The van der Waals surface area contributed by atoms with Gasteiger partial charge in [-0.25, -0.2) is 0 Å². The van der Waals surface area contributed by atoms with Crippen LogP contribution >= 0.6 is 0 Å². The molecule has 0 radical (unpaired) electrons. The van der Waals surface area contributed by atoms with Crippen LogP contribution in [0.15, 0.2) is 53.1 Å². The van der Waals surface area contributed by atoms with E-state index in [2.05, 4.69) is 77.9 Å². The number of allylic oxidation sites excluding steroid dienone is 2. The Hall–Kier alpha value is -1.97. The predicted molar refractivity (Wildman–Crippen MR) is 122 cm³/mol. The Morgan fingerprint density at radius 3 is 2.52 bits per heavy atom. The molecule has 0 saturated carbocycles. The Kier molecular flexibility index (Phi) is 6.17. The van der Waals surface area contributed by atoms with Crippen LogP contribution in [0.3, 0.4) is 0 Å². The van der Waals surface area contributed by atoms with Gasteiger partial charge in [0.1, 0.15) is 0 Å². The fraction of sp³-hybridized carbons (Fsp3) is 0.261. The van der Waals surface area contributed by atoms with E-state index in [1.165, 1.54) is 29.1 Å². The molecule has 0 aliphatic carbocycles. The molecule has 4 rings (SSSR count). The third kappa shape index (κ3) is 3.91. The number of anilines is 1. The molecule has 3 aromatic rings. The zero-order valence-electron chi connectivity index (χ0n) is 17.1.